The van der Waals surface area contributed by atoms with Gasteiger partial charge in [-0.2, -0.15) is 0 Å². The van der Waals surface area contributed by atoms with Crippen LogP contribution in [0, 0.1) is 0 Å². The molecule has 2 saturated heterocycles. The largest absolute Gasteiger partial charge is 0.507 e. The van der Waals surface area contributed by atoms with Gasteiger partial charge in [0.15, 0.2) is 0 Å². The van der Waals surface area contributed by atoms with E-state index < -0.39 is 12.1 Å². The van der Waals surface area contributed by atoms with Crippen molar-refractivity contribution < 1.29 is 24.9 Å². The van der Waals surface area contributed by atoms with Gasteiger partial charge in [0.25, 0.3) is 0 Å². The number of amides is 4. The summed E-state index contributed by atoms with van der Waals surface area (Å²) in [5.74, 6) is -0.866. The lowest BCUT2D eigenvalue weighted by Gasteiger charge is -2.30. The van der Waals surface area contributed by atoms with Crippen molar-refractivity contribution in [2.75, 3.05) is 23.7 Å². The summed E-state index contributed by atoms with van der Waals surface area (Å²) in [7, 11) is 0. The van der Waals surface area contributed by atoms with E-state index in [4.69, 9.17) is 0 Å². The van der Waals surface area contributed by atoms with Gasteiger partial charge in [-0.25, -0.2) is 9.59 Å². The van der Waals surface area contributed by atoms with Crippen molar-refractivity contribution in [1.29, 1.82) is 0 Å². The number of phenolic OH excluding ortho intramolecular Hbond substituents is 3. The van der Waals surface area contributed by atoms with Gasteiger partial charge in [-0.1, -0.05) is 36.4 Å². The Bertz CT molecular complexity index is 1190. The first-order chi connectivity index (χ1) is 17.9. The molecule has 3 aromatic rings. The second kappa shape index (κ2) is 10.3. The summed E-state index contributed by atoms with van der Waals surface area (Å²) in [5.41, 5.74) is 1.65. The van der Waals surface area contributed by atoms with E-state index in [1.807, 2.05) is 36.4 Å². The van der Waals surface area contributed by atoms with Crippen LogP contribution < -0.4 is 10.6 Å². The topological polar surface area (TPSA) is 125 Å². The normalized spacial score (nSPS) is 19.1. The molecule has 9 heteroatoms. The van der Waals surface area contributed by atoms with Gasteiger partial charge in [-0.05, 0) is 49.9 Å². The molecule has 2 heterocycles. The van der Waals surface area contributed by atoms with Gasteiger partial charge in [0, 0.05) is 30.5 Å². The second-order valence-electron chi connectivity index (χ2n) is 9.39. The van der Waals surface area contributed by atoms with Gasteiger partial charge in [0.1, 0.15) is 17.2 Å². The van der Waals surface area contributed by atoms with Crippen LogP contribution in [0.4, 0.5) is 21.0 Å². The molecular formula is C28H30N4O5. The molecule has 5 rings (SSSR count). The highest BCUT2D eigenvalue weighted by atomic mass is 16.3. The van der Waals surface area contributed by atoms with Crippen LogP contribution in [-0.4, -0.2) is 50.3 Å². The van der Waals surface area contributed by atoms with Crippen LogP contribution in [0.3, 0.4) is 0 Å². The molecule has 0 aliphatic carbocycles. The number of likely N-dealkylation sites (tertiary alicyclic amines) is 2. The van der Waals surface area contributed by atoms with Gasteiger partial charge in [-0.15, -0.1) is 0 Å². The minimum absolute atomic E-state index is 0.184. The highest BCUT2D eigenvalue weighted by Gasteiger charge is 2.39. The third kappa shape index (κ3) is 4.84. The lowest BCUT2D eigenvalue weighted by molar-refractivity contribution is 0.203. The van der Waals surface area contributed by atoms with E-state index in [2.05, 4.69) is 10.6 Å². The number of nitrogens with zero attached hydrogens (tertiary/aromatic N) is 2. The van der Waals surface area contributed by atoms with E-state index in [9.17, 15) is 24.9 Å². The van der Waals surface area contributed by atoms with E-state index in [-0.39, 0.29) is 40.4 Å². The van der Waals surface area contributed by atoms with Gasteiger partial charge in [0.05, 0.1) is 23.2 Å². The van der Waals surface area contributed by atoms with Crippen LogP contribution in [0.5, 0.6) is 17.2 Å². The molecule has 4 amide bonds. The van der Waals surface area contributed by atoms with E-state index in [0.717, 1.165) is 0 Å². The van der Waals surface area contributed by atoms with Crippen molar-refractivity contribution in [3.05, 3.63) is 77.9 Å². The SMILES string of the molecule is O=C(Nc1ccccc1)N1CCCC1c1c(O)cc(O)c(C2CCCN2C(=O)Nc2ccccc2)c1O. The number of para-hydroxylation sites is 2. The Balaban J connectivity index is 1.43. The summed E-state index contributed by atoms with van der Waals surface area (Å²) in [6.07, 6.45) is 2.46. The molecule has 0 radical (unpaired) electrons. The summed E-state index contributed by atoms with van der Waals surface area (Å²) < 4.78 is 0. The molecule has 0 bridgehead atoms. The van der Waals surface area contributed by atoms with Gasteiger partial charge >= 0.3 is 12.1 Å². The number of nitrogens with one attached hydrogen (secondary N) is 2. The monoisotopic (exact) mass is 502 g/mol. The van der Waals surface area contributed by atoms with E-state index in [1.165, 1.54) is 6.07 Å². The first kappa shape index (κ1) is 24.3. The minimum Gasteiger partial charge on any atom is -0.507 e. The molecule has 5 N–H and O–H groups in total. The minimum atomic E-state index is -0.587. The average Bonchev–Trinajstić information content (AvgIpc) is 3.56. The van der Waals surface area contributed by atoms with E-state index in [0.29, 0.717) is 50.1 Å². The Morgan fingerprint density at radius 3 is 1.49 bits per heavy atom. The van der Waals surface area contributed by atoms with Crippen molar-refractivity contribution in [1.82, 2.24) is 9.80 Å². The zero-order valence-electron chi connectivity index (χ0n) is 20.3. The van der Waals surface area contributed by atoms with Gasteiger partial charge in [-0.3, -0.25) is 0 Å². The number of phenols is 3. The fourth-order valence-corrected chi connectivity index (χ4v) is 5.38. The number of aromatic hydroxyl groups is 3. The Morgan fingerprint density at radius 2 is 1.08 bits per heavy atom. The Morgan fingerprint density at radius 1 is 0.676 bits per heavy atom. The molecule has 0 saturated carbocycles. The van der Waals surface area contributed by atoms with Crippen LogP contribution >= 0.6 is 0 Å². The lowest BCUT2D eigenvalue weighted by Crippen LogP contribution is -2.35. The smallest absolute Gasteiger partial charge is 0.322 e. The molecule has 0 aromatic heterocycles. The summed E-state index contributed by atoms with van der Waals surface area (Å²) >= 11 is 0. The number of urea groups is 2. The van der Waals surface area contributed by atoms with E-state index in [1.54, 1.807) is 34.1 Å². The predicted molar refractivity (Wildman–Crippen MR) is 140 cm³/mol. The fourth-order valence-electron chi connectivity index (χ4n) is 5.38. The highest BCUT2D eigenvalue weighted by molar-refractivity contribution is 5.91. The number of carbonyl (C=O) groups is 2. The van der Waals surface area contributed by atoms with Gasteiger partial charge < -0.3 is 35.8 Å². The molecule has 192 valence electrons. The zero-order chi connectivity index (χ0) is 25.9. The molecule has 2 unspecified atom stereocenters. The molecule has 37 heavy (non-hydrogen) atoms. The zero-order valence-corrected chi connectivity index (χ0v) is 20.3. The van der Waals surface area contributed by atoms with E-state index >= 15 is 0 Å². The third-order valence-electron chi connectivity index (χ3n) is 7.08. The fraction of sp³-hybridized carbons (Fsp3) is 0.286. The quantitative estimate of drug-likeness (QED) is 0.320. The highest BCUT2D eigenvalue weighted by Crippen LogP contribution is 2.50. The van der Waals surface area contributed by atoms with Crippen molar-refractivity contribution >= 4 is 23.4 Å². The number of benzene rings is 3. The number of hydrogen-bond donors (Lipinski definition) is 5. The van der Waals surface area contributed by atoms with Crippen LogP contribution in [-0.2, 0) is 0 Å². The standard InChI is InChI=1S/C28H30N4O5/c33-22-17-23(34)25(21-14-8-16-32(21)28(37)30-19-11-5-2-6-12-19)26(35)24(22)20-13-7-15-31(20)27(36)29-18-9-3-1-4-10-18/h1-6,9-12,17,20-21,33-35H,7-8,13-16H2,(H,29,36)(H,30,37). The maximum atomic E-state index is 13.1. The summed E-state index contributed by atoms with van der Waals surface area (Å²) in [6, 6.07) is 17.5. The van der Waals surface area contributed by atoms with Crippen LogP contribution in [0.15, 0.2) is 66.7 Å². The first-order valence-corrected chi connectivity index (χ1v) is 12.5. The maximum Gasteiger partial charge on any atom is 0.322 e. The van der Waals surface area contributed by atoms with Crippen LogP contribution in [0.1, 0.15) is 48.9 Å². The molecular weight excluding hydrogens is 472 g/mol. The molecule has 9 nitrogen and oxygen atoms in total. The van der Waals surface area contributed by atoms with Crippen molar-refractivity contribution in [2.24, 2.45) is 0 Å². The number of rotatable bonds is 4. The van der Waals surface area contributed by atoms with Crippen LogP contribution in [0.25, 0.3) is 0 Å². The summed E-state index contributed by atoms with van der Waals surface area (Å²) in [6.45, 7) is 0.904. The number of anilines is 2. The first-order valence-electron chi connectivity index (χ1n) is 12.5. The van der Waals surface area contributed by atoms with Gasteiger partial charge in [0.2, 0.25) is 0 Å². The summed E-state index contributed by atoms with van der Waals surface area (Å²) in [4.78, 5) is 29.3. The maximum absolute atomic E-state index is 13.1. The van der Waals surface area contributed by atoms with Crippen molar-refractivity contribution in [3.63, 3.8) is 0 Å². The predicted octanol–water partition coefficient (Wildman–Crippen LogP) is 5.54. The molecule has 2 fully saturated rings. The third-order valence-corrected chi connectivity index (χ3v) is 7.08. The van der Waals surface area contributed by atoms with Crippen molar-refractivity contribution in [3.8, 4) is 17.2 Å². The molecule has 2 aliphatic heterocycles. The Labute approximate surface area is 215 Å². The second-order valence-corrected chi connectivity index (χ2v) is 9.39. The number of carbonyl (C=O) groups excluding carboxylic acids is 2. The molecule has 3 aromatic carbocycles. The Hall–Kier alpha value is -4.40. The molecule has 0 spiro atoms. The average molecular weight is 503 g/mol. The molecule has 2 atom stereocenters. The Kier molecular flexibility index (Phi) is 6.76. The molecule has 2 aliphatic rings. The van der Waals surface area contributed by atoms with Crippen LogP contribution in [0.2, 0.25) is 0 Å². The summed E-state index contributed by atoms with van der Waals surface area (Å²) in [5, 5.41) is 38.7. The number of hydrogen-bond acceptors (Lipinski definition) is 5. The lowest BCUT2D eigenvalue weighted by atomic mass is 9.93. The van der Waals surface area contributed by atoms with Crippen molar-refractivity contribution in [2.45, 2.75) is 37.8 Å².